The van der Waals surface area contributed by atoms with Crippen molar-refractivity contribution in [1.82, 2.24) is 19.7 Å². The van der Waals surface area contributed by atoms with Crippen molar-refractivity contribution in [3.05, 3.63) is 79.0 Å². The molecule has 1 atom stereocenters. The van der Waals surface area contributed by atoms with Gasteiger partial charge in [0.05, 0.1) is 5.52 Å². The minimum atomic E-state index is -0.490. The number of pyridine rings is 1. The smallest absolute Gasteiger partial charge is 0.274 e. The molecule has 8 heteroatoms. The van der Waals surface area contributed by atoms with Crippen LogP contribution in [0.4, 0.5) is 11.4 Å². The van der Waals surface area contributed by atoms with Gasteiger partial charge in [-0.05, 0) is 43.3 Å². The van der Waals surface area contributed by atoms with Crippen LogP contribution in [0.2, 0.25) is 0 Å². The monoisotopic (exact) mass is 386 g/mol. The van der Waals surface area contributed by atoms with E-state index in [0.29, 0.717) is 17.1 Å². The molecule has 2 aromatic heterocycles. The maximum Gasteiger partial charge on any atom is 0.274 e. The number of fused-ring (bicyclic) bond motifs is 1. The molecule has 0 aliphatic carbocycles. The van der Waals surface area contributed by atoms with Crippen molar-refractivity contribution in [2.75, 3.05) is 10.6 Å². The fourth-order valence-electron chi connectivity index (χ4n) is 2.81. The standard InChI is InChI=1S/C21H18N6O2/c1-14(27-13-22-12-23-27)20(28)24-16-7-9-17(10-8-16)25-21(29)19-11-6-15-4-2-3-5-18(15)26-19/h2-14H,1H3,(H,24,28)(H,25,29). The molecule has 2 heterocycles. The van der Waals surface area contributed by atoms with Gasteiger partial charge in [0.25, 0.3) is 5.91 Å². The average Bonchev–Trinajstić information content (AvgIpc) is 3.29. The molecule has 0 aliphatic rings. The van der Waals surface area contributed by atoms with E-state index in [1.165, 1.54) is 17.3 Å². The summed E-state index contributed by atoms with van der Waals surface area (Å²) in [6.07, 6.45) is 2.87. The highest BCUT2D eigenvalue weighted by Crippen LogP contribution is 2.17. The zero-order valence-electron chi connectivity index (χ0n) is 15.6. The third-order valence-corrected chi connectivity index (χ3v) is 4.45. The lowest BCUT2D eigenvalue weighted by Gasteiger charge is -2.12. The highest BCUT2D eigenvalue weighted by atomic mass is 16.2. The summed E-state index contributed by atoms with van der Waals surface area (Å²) in [5, 5.41) is 10.6. The highest BCUT2D eigenvalue weighted by Gasteiger charge is 2.15. The minimum absolute atomic E-state index is 0.215. The van der Waals surface area contributed by atoms with Gasteiger partial charge in [-0.2, -0.15) is 5.10 Å². The number of anilines is 2. The molecule has 0 spiro atoms. The predicted molar refractivity (Wildman–Crippen MR) is 110 cm³/mol. The molecule has 2 amide bonds. The molecule has 29 heavy (non-hydrogen) atoms. The Hall–Kier alpha value is -4.07. The molecule has 0 fully saturated rings. The zero-order valence-corrected chi connectivity index (χ0v) is 15.6. The average molecular weight is 386 g/mol. The van der Waals surface area contributed by atoms with Crippen LogP contribution < -0.4 is 10.6 Å². The number of aromatic nitrogens is 4. The van der Waals surface area contributed by atoms with Crippen molar-refractivity contribution in [1.29, 1.82) is 0 Å². The van der Waals surface area contributed by atoms with Crippen molar-refractivity contribution >= 4 is 34.1 Å². The van der Waals surface area contributed by atoms with Crippen LogP contribution in [0.15, 0.2) is 73.3 Å². The predicted octanol–water partition coefficient (Wildman–Crippen LogP) is 3.28. The molecule has 4 aromatic rings. The van der Waals surface area contributed by atoms with Crippen LogP contribution in [0.25, 0.3) is 10.9 Å². The topological polar surface area (TPSA) is 102 Å². The van der Waals surface area contributed by atoms with Gasteiger partial charge in [-0.25, -0.2) is 14.6 Å². The fourth-order valence-corrected chi connectivity index (χ4v) is 2.81. The summed E-state index contributed by atoms with van der Waals surface area (Å²) in [5.41, 5.74) is 2.32. The summed E-state index contributed by atoms with van der Waals surface area (Å²) < 4.78 is 1.47. The Morgan fingerprint density at radius 1 is 0.931 bits per heavy atom. The number of nitrogens with zero attached hydrogens (tertiary/aromatic N) is 4. The normalized spacial score (nSPS) is 11.8. The van der Waals surface area contributed by atoms with E-state index in [9.17, 15) is 9.59 Å². The van der Waals surface area contributed by atoms with E-state index >= 15 is 0 Å². The van der Waals surface area contributed by atoms with Gasteiger partial charge in [0.2, 0.25) is 5.91 Å². The highest BCUT2D eigenvalue weighted by molar-refractivity contribution is 6.04. The van der Waals surface area contributed by atoms with Crippen LogP contribution in [0.5, 0.6) is 0 Å². The summed E-state index contributed by atoms with van der Waals surface area (Å²) in [4.78, 5) is 33.0. The molecule has 2 aromatic carbocycles. The maximum atomic E-state index is 12.5. The molecule has 0 radical (unpaired) electrons. The second-order valence-electron chi connectivity index (χ2n) is 6.46. The molecule has 2 N–H and O–H groups in total. The number of carbonyl (C=O) groups excluding carboxylic acids is 2. The summed E-state index contributed by atoms with van der Waals surface area (Å²) >= 11 is 0. The van der Waals surface area contributed by atoms with Crippen molar-refractivity contribution in [2.24, 2.45) is 0 Å². The molecule has 0 saturated heterocycles. The van der Waals surface area contributed by atoms with Gasteiger partial charge >= 0.3 is 0 Å². The first-order chi connectivity index (χ1) is 14.1. The second-order valence-corrected chi connectivity index (χ2v) is 6.46. The van der Waals surface area contributed by atoms with E-state index in [2.05, 4.69) is 25.7 Å². The van der Waals surface area contributed by atoms with Gasteiger partial charge in [0.15, 0.2) is 0 Å². The lowest BCUT2D eigenvalue weighted by molar-refractivity contribution is -0.119. The largest absolute Gasteiger partial charge is 0.324 e. The van der Waals surface area contributed by atoms with Crippen LogP contribution in [-0.2, 0) is 4.79 Å². The quantitative estimate of drug-likeness (QED) is 0.548. The molecular weight excluding hydrogens is 368 g/mol. The van der Waals surface area contributed by atoms with E-state index in [0.717, 1.165) is 10.9 Å². The Bertz CT molecular complexity index is 1160. The van der Waals surface area contributed by atoms with Gasteiger partial charge in [0.1, 0.15) is 24.4 Å². The number of benzene rings is 2. The Morgan fingerprint density at radius 2 is 1.66 bits per heavy atom. The third-order valence-electron chi connectivity index (χ3n) is 4.45. The van der Waals surface area contributed by atoms with E-state index in [1.807, 2.05) is 30.3 Å². The van der Waals surface area contributed by atoms with Crippen LogP contribution in [-0.4, -0.2) is 31.6 Å². The number of hydrogen-bond donors (Lipinski definition) is 2. The van der Waals surface area contributed by atoms with Crippen molar-refractivity contribution < 1.29 is 9.59 Å². The van der Waals surface area contributed by atoms with Crippen LogP contribution in [0.1, 0.15) is 23.5 Å². The molecule has 8 nitrogen and oxygen atoms in total. The number of hydrogen-bond acceptors (Lipinski definition) is 5. The van der Waals surface area contributed by atoms with E-state index in [-0.39, 0.29) is 11.8 Å². The van der Waals surface area contributed by atoms with Crippen LogP contribution >= 0.6 is 0 Å². The minimum Gasteiger partial charge on any atom is -0.324 e. The summed E-state index contributed by atoms with van der Waals surface area (Å²) in [5.74, 6) is -0.514. The summed E-state index contributed by atoms with van der Waals surface area (Å²) in [6, 6.07) is 17.6. The number of para-hydroxylation sites is 1. The molecule has 0 bridgehead atoms. The number of amides is 2. The van der Waals surface area contributed by atoms with E-state index < -0.39 is 6.04 Å². The zero-order chi connectivity index (χ0) is 20.2. The third kappa shape index (κ3) is 4.11. The van der Waals surface area contributed by atoms with Gasteiger partial charge < -0.3 is 10.6 Å². The first-order valence-electron chi connectivity index (χ1n) is 9.02. The lowest BCUT2D eigenvalue weighted by Crippen LogP contribution is -2.24. The molecular formula is C21H18N6O2. The Kier molecular flexibility index (Phi) is 4.98. The first-order valence-corrected chi connectivity index (χ1v) is 9.02. The van der Waals surface area contributed by atoms with E-state index in [1.54, 1.807) is 37.3 Å². The second kappa shape index (κ2) is 7.89. The van der Waals surface area contributed by atoms with Gasteiger partial charge in [-0.15, -0.1) is 0 Å². The number of carbonyl (C=O) groups is 2. The molecule has 0 aliphatic heterocycles. The van der Waals surface area contributed by atoms with Gasteiger partial charge in [-0.3, -0.25) is 9.59 Å². The van der Waals surface area contributed by atoms with Crippen LogP contribution in [0.3, 0.4) is 0 Å². The molecule has 4 rings (SSSR count). The van der Waals surface area contributed by atoms with Gasteiger partial charge in [-0.1, -0.05) is 24.3 Å². The SMILES string of the molecule is CC(C(=O)Nc1ccc(NC(=O)c2ccc3ccccc3n2)cc1)n1cncn1. The van der Waals surface area contributed by atoms with Crippen molar-refractivity contribution in [3.8, 4) is 0 Å². The number of nitrogens with one attached hydrogen (secondary N) is 2. The Labute approximate surface area is 166 Å². The number of rotatable bonds is 5. The lowest BCUT2D eigenvalue weighted by atomic mass is 10.2. The first kappa shape index (κ1) is 18.3. The molecule has 144 valence electrons. The van der Waals surface area contributed by atoms with Crippen molar-refractivity contribution in [2.45, 2.75) is 13.0 Å². The fraction of sp³-hybridized carbons (Fsp3) is 0.0952. The van der Waals surface area contributed by atoms with E-state index in [4.69, 9.17) is 0 Å². The Balaban J connectivity index is 1.41. The molecule has 0 saturated carbocycles. The maximum absolute atomic E-state index is 12.5. The molecule has 1 unspecified atom stereocenters. The summed E-state index contributed by atoms with van der Waals surface area (Å²) in [7, 11) is 0. The van der Waals surface area contributed by atoms with Crippen molar-refractivity contribution in [3.63, 3.8) is 0 Å². The van der Waals surface area contributed by atoms with Crippen LogP contribution in [0, 0.1) is 0 Å². The Morgan fingerprint density at radius 3 is 2.38 bits per heavy atom. The van der Waals surface area contributed by atoms with Gasteiger partial charge in [0, 0.05) is 16.8 Å². The summed E-state index contributed by atoms with van der Waals surface area (Å²) in [6.45, 7) is 1.73.